The molecule has 2 aromatic heterocycles. The molecule has 136 valence electrons. The smallest absolute Gasteiger partial charge is 0.220 e. The number of hydrogen-bond acceptors (Lipinski definition) is 5. The number of nitrogens with zero attached hydrogens (tertiary/aromatic N) is 3. The molecule has 4 rings (SSSR count). The Balaban J connectivity index is 1.67. The van der Waals surface area contributed by atoms with Gasteiger partial charge in [-0.05, 0) is 39.0 Å². The van der Waals surface area contributed by atoms with Crippen molar-refractivity contribution in [3.63, 3.8) is 0 Å². The van der Waals surface area contributed by atoms with E-state index >= 15 is 0 Å². The summed E-state index contributed by atoms with van der Waals surface area (Å²) in [5.41, 5.74) is 4.64. The normalized spacial score (nSPS) is 18.5. The van der Waals surface area contributed by atoms with Gasteiger partial charge in [-0.2, -0.15) is 5.10 Å². The van der Waals surface area contributed by atoms with E-state index < -0.39 is 0 Å². The van der Waals surface area contributed by atoms with Crippen LogP contribution in [0.15, 0.2) is 29.9 Å². The molecule has 1 N–H and O–H groups in total. The molecule has 0 unspecified atom stereocenters. The predicted molar refractivity (Wildman–Crippen MR) is 102 cm³/mol. The molecule has 2 atom stereocenters. The third-order valence-corrected chi connectivity index (χ3v) is 5.67. The quantitative estimate of drug-likeness (QED) is 0.744. The van der Waals surface area contributed by atoms with Gasteiger partial charge in [0, 0.05) is 36.7 Å². The molecule has 1 amide bonds. The summed E-state index contributed by atoms with van der Waals surface area (Å²) in [6.07, 6.45) is 2.46. The van der Waals surface area contributed by atoms with Gasteiger partial charge in [-0.3, -0.25) is 9.48 Å². The Morgan fingerprint density at radius 2 is 2.19 bits per heavy atom. The predicted octanol–water partition coefficient (Wildman–Crippen LogP) is 3.64. The molecule has 1 saturated heterocycles. The van der Waals surface area contributed by atoms with E-state index in [1.807, 2.05) is 35.4 Å². The van der Waals surface area contributed by atoms with E-state index in [-0.39, 0.29) is 17.9 Å². The second kappa shape index (κ2) is 6.72. The molecule has 0 aliphatic carbocycles. The summed E-state index contributed by atoms with van der Waals surface area (Å²) in [6.45, 7) is 6.91. The van der Waals surface area contributed by atoms with Crippen LogP contribution >= 0.6 is 11.3 Å². The summed E-state index contributed by atoms with van der Waals surface area (Å²) >= 11 is 1.57. The summed E-state index contributed by atoms with van der Waals surface area (Å²) < 4.78 is 9.25. The fourth-order valence-corrected chi connectivity index (χ4v) is 3.94. The van der Waals surface area contributed by atoms with Gasteiger partial charge < -0.3 is 10.1 Å². The third kappa shape index (κ3) is 3.19. The zero-order chi connectivity index (χ0) is 18.3. The second-order valence-corrected chi connectivity index (χ2v) is 7.90. The molecule has 6 nitrogen and oxygen atoms in total. The lowest BCUT2D eigenvalue weighted by Crippen LogP contribution is -2.25. The first-order valence-corrected chi connectivity index (χ1v) is 9.75. The van der Waals surface area contributed by atoms with Crippen LogP contribution in [0, 0.1) is 5.92 Å². The molecule has 1 aliphatic rings. The van der Waals surface area contributed by atoms with Gasteiger partial charge in [0.05, 0.1) is 21.4 Å². The van der Waals surface area contributed by atoms with Crippen molar-refractivity contribution in [3.05, 3.63) is 29.9 Å². The van der Waals surface area contributed by atoms with Crippen molar-refractivity contribution in [2.24, 2.45) is 5.92 Å². The van der Waals surface area contributed by atoms with Crippen molar-refractivity contribution >= 4 is 27.5 Å². The van der Waals surface area contributed by atoms with E-state index in [0.717, 1.165) is 27.2 Å². The molecule has 0 saturated carbocycles. The lowest BCUT2D eigenvalue weighted by atomic mass is 10.0. The van der Waals surface area contributed by atoms with Crippen LogP contribution in [0.2, 0.25) is 0 Å². The maximum absolute atomic E-state index is 11.5. The molecule has 1 aliphatic heterocycles. The number of carbonyl (C=O) groups is 1. The molecular formula is C19H22N4O2S. The van der Waals surface area contributed by atoms with Crippen LogP contribution in [-0.2, 0) is 4.79 Å². The number of fused-ring (bicyclic) bond motifs is 1. The van der Waals surface area contributed by atoms with Gasteiger partial charge in [0.2, 0.25) is 5.91 Å². The second-order valence-electron chi connectivity index (χ2n) is 7.04. The van der Waals surface area contributed by atoms with Crippen LogP contribution < -0.4 is 10.1 Å². The van der Waals surface area contributed by atoms with Crippen LogP contribution in [0.1, 0.15) is 33.2 Å². The number of aromatic nitrogens is 3. The monoisotopic (exact) mass is 370 g/mol. The molecule has 7 heteroatoms. The first-order valence-electron chi connectivity index (χ1n) is 8.87. The zero-order valence-electron chi connectivity index (χ0n) is 15.1. The Kier molecular flexibility index (Phi) is 4.40. The number of thiazole rings is 1. The van der Waals surface area contributed by atoms with Gasteiger partial charge in [-0.15, -0.1) is 11.3 Å². The van der Waals surface area contributed by atoms with Gasteiger partial charge in [-0.25, -0.2) is 4.98 Å². The number of nitrogens with one attached hydrogen (secondary N) is 1. The van der Waals surface area contributed by atoms with Crippen molar-refractivity contribution in [2.75, 3.05) is 6.54 Å². The molecule has 0 bridgehead atoms. The van der Waals surface area contributed by atoms with Crippen LogP contribution in [0.25, 0.3) is 21.5 Å². The minimum atomic E-state index is -0.0530. The highest BCUT2D eigenvalue weighted by atomic mass is 32.1. The fraction of sp³-hybridized carbons (Fsp3) is 0.421. The van der Waals surface area contributed by atoms with Crippen LogP contribution in [0.5, 0.6) is 5.75 Å². The van der Waals surface area contributed by atoms with E-state index in [0.29, 0.717) is 19.0 Å². The lowest BCUT2D eigenvalue weighted by molar-refractivity contribution is -0.119. The Labute approximate surface area is 156 Å². The summed E-state index contributed by atoms with van der Waals surface area (Å²) in [5, 5.41) is 7.54. The number of hydrogen-bond donors (Lipinski definition) is 1. The minimum absolute atomic E-state index is 0.0530. The number of carbonyl (C=O) groups excluding carboxylic acids is 1. The van der Waals surface area contributed by atoms with Crippen molar-refractivity contribution in [2.45, 2.75) is 39.3 Å². The highest BCUT2D eigenvalue weighted by molar-refractivity contribution is 7.17. The Morgan fingerprint density at radius 3 is 2.88 bits per heavy atom. The standard InChI is InChI=1S/C19H22N4O2S/c1-11(2)23-5-4-15(22-23)13-6-16-19(26-10-21-16)17(7-13)25-12(3)14-8-18(24)20-9-14/h4-7,10-12,14H,8-9H2,1-3H3,(H,20,24)/t12-,14-/m1/s1. The third-order valence-electron chi connectivity index (χ3n) is 4.82. The van der Waals surface area contributed by atoms with Crippen LogP contribution in [-0.4, -0.2) is 33.3 Å². The molecule has 1 fully saturated rings. The first kappa shape index (κ1) is 17.0. The van der Waals surface area contributed by atoms with E-state index in [1.165, 1.54) is 0 Å². The number of rotatable bonds is 5. The molecule has 0 radical (unpaired) electrons. The molecule has 3 heterocycles. The summed E-state index contributed by atoms with van der Waals surface area (Å²) in [6, 6.07) is 6.42. The minimum Gasteiger partial charge on any atom is -0.489 e. The van der Waals surface area contributed by atoms with Crippen molar-refractivity contribution < 1.29 is 9.53 Å². The van der Waals surface area contributed by atoms with E-state index in [4.69, 9.17) is 4.74 Å². The Bertz CT molecular complexity index is 946. The lowest BCUT2D eigenvalue weighted by Gasteiger charge is -2.20. The van der Waals surface area contributed by atoms with Gasteiger partial charge in [0.25, 0.3) is 0 Å². The Hall–Kier alpha value is -2.41. The first-order chi connectivity index (χ1) is 12.5. The summed E-state index contributed by atoms with van der Waals surface area (Å²) in [7, 11) is 0. The maximum atomic E-state index is 11.5. The molecular weight excluding hydrogens is 348 g/mol. The van der Waals surface area contributed by atoms with E-state index in [2.05, 4.69) is 35.3 Å². The summed E-state index contributed by atoms with van der Waals surface area (Å²) in [4.78, 5) is 16.0. The SMILES string of the molecule is CC(C)n1ccc(-c2cc(O[C@H](C)[C@H]3CNC(=O)C3)c3scnc3c2)n1. The highest BCUT2D eigenvalue weighted by Crippen LogP contribution is 2.35. The average Bonchev–Trinajstić information content (AvgIpc) is 3.34. The number of ether oxygens (including phenoxy) is 1. The van der Waals surface area contributed by atoms with Gasteiger partial charge in [0.1, 0.15) is 11.9 Å². The average molecular weight is 370 g/mol. The fourth-order valence-electron chi connectivity index (χ4n) is 3.21. The van der Waals surface area contributed by atoms with Gasteiger partial charge in [-0.1, -0.05) is 0 Å². The maximum Gasteiger partial charge on any atom is 0.220 e. The highest BCUT2D eigenvalue weighted by Gasteiger charge is 2.28. The molecule has 26 heavy (non-hydrogen) atoms. The van der Waals surface area contributed by atoms with Crippen LogP contribution in [0.4, 0.5) is 0 Å². The van der Waals surface area contributed by atoms with Crippen molar-refractivity contribution in [3.8, 4) is 17.0 Å². The van der Waals surface area contributed by atoms with Gasteiger partial charge >= 0.3 is 0 Å². The van der Waals surface area contributed by atoms with Gasteiger partial charge in [0.15, 0.2) is 0 Å². The number of benzene rings is 1. The Morgan fingerprint density at radius 1 is 1.35 bits per heavy atom. The molecule has 3 aromatic rings. The number of amides is 1. The van der Waals surface area contributed by atoms with Crippen LogP contribution in [0.3, 0.4) is 0 Å². The van der Waals surface area contributed by atoms with E-state index in [1.54, 1.807) is 11.3 Å². The summed E-state index contributed by atoms with van der Waals surface area (Å²) in [5.74, 6) is 1.10. The van der Waals surface area contributed by atoms with E-state index in [9.17, 15) is 4.79 Å². The largest absolute Gasteiger partial charge is 0.489 e. The zero-order valence-corrected chi connectivity index (χ0v) is 15.9. The topological polar surface area (TPSA) is 69.0 Å². The molecule has 1 aromatic carbocycles. The molecule has 0 spiro atoms. The van der Waals surface area contributed by atoms with Crippen molar-refractivity contribution in [1.82, 2.24) is 20.1 Å². The van der Waals surface area contributed by atoms with Crippen molar-refractivity contribution in [1.29, 1.82) is 0 Å².